The van der Waals surface area contributed by atoms with Gasteiger partial charge in [-0.25, -0.2) is 9.97 Å². The van der Waals surface area contributed by atoms with Crippen molar-refractivity contribution >= 4 is 45.3 Å². The molecule has 1 atom stereocenters. The summed E-state index contributed by atoms with van der Waals surface area (Å²) in [4.78, 5) is 9.70. The summed E-state index contributed by atoms with van der Waals surface area (Å²) in [6, 6.07) is 0. The molecule has 20 heavy (non-hydrogen) atoms. The molecule has 1 saturated heterocycles. The summed E-state index contributed by atoms with van der Waals surface area (Å²) in [6.07, 6.45) is 5.20. The Balaban J connectivity index is 1.95. The van der Waals surface area contributed by atoms with E-state index in [1.54, 1.807) is 0 Å². The van der Waals surface area contributed by atoms with E-state index in [1.165, 1.54) is 42.9 Å². The van der Waals surface area contributed by atoms with Gasteiger partial charge in [0.15, 0.2) is 0 Å². The van der Waals surface area contributed by atoms with Crippen molar-refractivity contribution in [2.75, 3.05) is 29.6 Å². The number of nitrogens with one attached hydrogen (secondary N) is 1. The minimum absolute atomic E-state index is 0.453. The van der Waals surface area contributed by atoms with Crippen LogP contribution in [-0.2, 0) is 0 Å². The lowest BCUT2D eigenvalue weighted by molar-refractivity contribution is 0.680. The van der Waals surface area contributed by atoms with E-state index in [0.29, 0.717) is 11.2 Å². The minimum Gasteiger partial charge on any atom is -0.372 e. The first-order valence-electron chi connectivity index (χ1n) is 7.24. The lowest BCUT2D eigenvalue weighted by atomic mass is 10.0. The van der Waals surface area contributed by atoms with Crippen LogP contribution in [0.2, 0.25) is 0 Å². The van der Waals surface area contributed by atoms with Crippen LogP contribution in [0.25, 0.3) is 0 Å². The molecule has 0 aromatic carbocycles. The smallest absolute Gasteiger partial charge is 0.144 e. The van der Waals surface area contributed by atoms with Gasteiger partial charge in [-0.2, -0.15) is 11.8 Å². The van der Waals surface area contributed by atoms with Crippen molar-refractivity contribution in [2.45, 2.75) is 36.9 Å². The van der Waals surface area contributed by atoms with Crippen molar-refractivity contribution in [3.63, 3.8) is 0 Å². The molecule has 2 heterocycles. The van der Waals surface area contributed by atoms with Crippen molar-refractivity contribution < 1.29 is 0 Å². The lowest BCUT2D eigenvalue weighted by Gasteiger charge is -2.22. The summed E-state index contributed by atoms with van der Waals surface area (Å²) in [5, 5.41) is 3.68. The number of rotatable bonds is 3. The molecule has 3 nitrogen and oxygen atoms in total. The summed E-state index contributed by atoms with van der Waals surface area (Å²) < 4.78 is 1.07. The summed E-state index contributed by atoms with van der Waals surface area (Å²) in [5.74, 6) is 6.19. The Morgan fingerprint density at radius 2 is 2.00 bits per heavy atom. The predicted octanol–water partition coefficient (Wildman–Crippen LogP) is 4.46. The molecule has 2 fully saturated rings. The van der Waals surface area contributed by atoms with Crippen LogP contribution in [0, 0.1) is 0 Å². The third-order valence-electron chi connectivity index (χ3n) is 3.98. The molecule has 110 valence electrons. The zero-order valence-electron chi connectivity index (χ0n) is 11.7. The first kappa shape index (κ1) is 15.0. The summed E-state index contributed by atoms with van der Waals surface area (Å²) in [6.45, 7) is 0. The van der Waals surface area contributed by atoms with E-state index in [9.17, 15) is 0 Å². The van der Waals surface area contributed by atoms with Crippen LogP contribution in [0.4, 0.5) is 5.82 Å². The van der Waals surface area contributed by atoms with Crippen LogP contribution < -0.4 is 5.32 Å². The minimum atomic E-state index is 0.453. The van der Waals surface area contributed by atoms with Crippen molar-refractivity contribution in [2.24, 2.45) is 0 Å². The zero-order valence-corrected chi connectivity index (χ0v) is 14.9. The standard InChI is InChI=1S/C14H20BrN3S2/c1-16-14-11(15)12(9-4-2-3-5-9)17-13(18-14)10-8-19-6-7-20-10/h9-10H,2-8H2,1H3,(H,16,17,18). The summed E-state index contributed by atoms with van der Waals surface area (Å²) >= 11 is 7.73. The average Bonchev–Trinajstić information content (AvgIpc) is 3.02. The highest BCUT2D eigenvalue weighted by Crippen LogP contribution is 2.41. The van der Waals surface area contributed by atoms with E-state index in [0.717, 1.165) is 21.9 Å². The Hall–Kier alpha value is 0.0600. The highest BCUT2D eigenvalue weighted by molar-refractivity contribution is 9.10. The Morgan fingerprint density at radius 1 is 1.20 bits per heavy atom. The predicted molar refractivity (Wildman–Crippen MR) is 93.0 cm³/mol. The molecule has 1 aromatic heterocycles. The number of halogens is 1. The number of thioether (sulfide) groups is 2. The van der Waals surface area contributed by atoms with Crippen molar-refractivity contribution in [1.29, 1.82) is 0 Å². The quantitative estimate of drug-likeness (QED) is 0.846. The Morgan fingerprint density at radius 3 is 2.65 bits per heavy atom. The van der Waals surface area contributed by atoms with Crippen LogP contribution >= 0.6 is 39.5 Å². The molecule has 1 saturated carbocycles. The van der Waals surface area contributed by atoms with Gasteiger partial charge in [-0.05, 0) is 28.8 Å². The van der Waals surface area contributed by atoms with Gasteiger partial charge in [0.05, 0.1) is 15.4 Å². The van der Waals surface area contributed by atoms with Gasteiger partial charge < -0.3 is 5.32 Å². The van der Waals surface area contributed by atoms with Gasteiger partial charge in [0.1, 0.15) is 11.6 Å². The van der Waals surface area contributed by atoms with E-state index in [1.807, 2.05) is 30.6 Å². The zero-order chi connectivity index (χ0) is 13.9. The van der Waals surface area contributed by atoms with Crippen molar-refractivity contribution in [1.82, 2.24) is 9.97 Å². The van der Waals surface area contributed by atoms with Crippen LogP contribution in [0.5, 0.6) is 0 Å². The Bertz CT molecular complexity index is 472. The average molecular weight is 374 g/mol. The molecule has 0 amide bonds. The van der Waals surface area contributed by atoms with Gasteiger partial charge in [0.25, 0.3) is 0 Å². The number of aromatic nitrogens is 2. The first-order valence-corrected chi connectivity index (χ1v) is 10.2. The van der Waals surface area contributed by atoms with Crippen LogP contribution in [0.1, 0.15) is 48.4 Å². The van der Waals surface area contributed by atoms with Gasteiger partial charge in [-0.3, -0.25) is 0 Å². The molecule has 3 rings (SSSR count). The Labute approximate surface area is 137 Å². The molecule has 1 N–H and O–H groups in total. The van der Waals surface area contributed by atoms with Gasteiger partial charge in [0.2, 0.25) is 0 Å². The second kappa shape index (κ2) is 6.88. The molecular formula is C14H20BrN3S2. The normalized spacial score (nSPS) is 24.0. The highest BCUT2D eigenvalue weighted by atomic mass is 79.9. The number of nitrogens with zero attached hydrogens (tertiary/aromatic N) is 2. The molecule has 6 heteroatoms. The van der Waals surface area contributed by atoms with E-state index in [-0.39, 0.29) is 0 Å². The van der Waals surface area contributed by atoms with E-state index < -0.39 is 0 Å². The molecule has 1 aromatic rings. The third-order valence-corrected chi connectivity index (χ3v) is 7.51. The Kier molecular flexibility index (Phi) is 5.15. The maximum absolute atomic E-state index is 4.95. The first-order chi connectivity index (χ1) is 9.79. The van der Waals surface area contributed by atoms with Crippen LogP contribution in [-0.4, -0.2) is 34.3 Å². The number of hydrogen-bond acceptors (Lipinski definition) is 5. The third kappa shape index (κ3) is 3.12. The van der Waals surface area contributed by atoms with Gasteiger partial charge in [0, 0.05) is 30.2 Å². The molecule has 1 unspecified atom stereocenters. The molecular weight excluding hydrogens is 354 g/mol. The van der Waals surface area contributed by atoms with E-state index in [2.05, 4.69) is 21.2 Å². The number of anilines is 1. The largest absolute Gasteiger partial charge is 0.372 e. The van der Waals surface area contributed by atoms with Gasteiger partial charge in [-0.15, -0.1) is 11.8 Å². The van der Waals surface area contributed by atoms with Gasteiger partial charge in [-0.1, -0.05) is 12.8 Å². The van der Waals surface area contributed by atoms with Crippen LogP contribution in [0.3, 0.4) is 0 Å². The van der Waals surface area contributed by atoms with Crippen LogP contribution in [0.15, 0.2) is 4.47 Å². The van der Waals surface area contributed by atoms with Crippen molar-refractivity contribution in [3.05, 3.63) is 16.0 Å². The monoisotopic (exact) mass is 373 g/mol. The topological polar surface area (TPSA) is 37.8 Å². The SMILES string of the molecule is CNc1nc(C2CSCCS2)nc(C2CCCC2)c1Br. The second-order valence-corrected chi connectivity index (χ2v) is 8.55. The highest BCUT2D eigenvalue weighted by Gasteiger charge is 2.26. The molecule has 1 aliphatic carbocycles. The fourth-order valence-electron chi connectivity index (χ4n) is 2.90. The lowest BCUT2D eigenvalue weighted by Crippen LogP contribution is -2.14. The van der Waals surface area contributed by atoms with Crippen molar-refractivity contribution in [3.8, 4) is 0 Å². The maximum atomic E-state index is 4.95. The van der Waals surface area contributed by atoms with E-state index in [4.69, 9.17) is 9.97 Å². The second-order valence-electron chi connectivity index (χ2n) is 5.30. The summed E-state index contributed by atoms with van der Waals surface area (Å²) in [7, 11) is 1.94. The molecule has 1 aliphatic heterocycles. The maximum Gasteiger partial charge on any atom is 0.144 e. The molecule has 0 radical (unpaired) electrons. The molecule has 0 spiro atoms. The fraction of sp³-hybridized carbons (Fsp3) is 0.714. The summed E-state index contributed by atoms with van der Waals surface area (Å²) in [5.41, 5.74) is 1.23. The molecule has 2 aliphatic rings. The van der Waals surface area contributed by atoms with Gasteiger partial charge >= 0.3 is 0 Å². The molecule has 0 bridgehead atoms. The van der Waals surface area contributed by atoms with E-state index >= 15 is 0 Å². The number of hydrogen-bond donors (Lipinski definition) is 1. The fourth-order valence-corrected chi connectivity index (χ4v) is 6.20.